The second-order valence-electron chi connectivity index (χ2n) is 7.75. The predicted octanol–water partition coefficient (Wildman–Crippen LogP) is 5.18. The van der Waals surface area contributed by atoms with Crippen molar-refractivity contribution in [2.24, 2.45) is 4.99 Å². The van der Waals surface area contributed by atoms with Gasteiger partial charge in [0.2, 0.25) is 5.88 Å². The number of anilines is 1. The van der Waals surface area contributed by atoms with Gasteiger partial charge < -0.3 is 19.5 Å². The number of methoxy groups -OCH3 is 2. The third-order valence-electron chi connectivity index (χ3n) is 5.48. The molecular formula is C26H24ClN3O4. The lowest BCUT2D eigenvalue weighted by molar-refractivity contribution is 0.354. The number of halogens is 1. The van der Waals surface area contributed by atoms with Crippen LogP contribution in [0.4, 0.5) is 11.4 Å². The summed E-state index contributed by atoms with van der Waals surface area (Å²) in [5, 5.41) is 12.9. The number of aromatic nitrogens is 1. The van der Waals surface area contributed by atoms with E-state index in [2.05, 4.69) is 4.99 Å². The van der Waals surface area contributed by atoms with Crippen LogP contribution in [-0.2, 0) is 0 Å². The van der Waals surface area contributed by atoms with Crippen molar-refractivity contribution < 1.29 is 14.6 Å². The van der Waals surface area contributed by atoms with Crippen LogP contribution in [0.15, 0.2) is 70.5 Å². The molecule has 0 unspecified atom stereocenters. The summed E-state index contributed by atoms with van der Waals surface area (Å²) in [4.78, 5) is 19.9. The van der Waals surface area contributed by atoms with E-state index >= 15 is 0 Å². The van der Waals surface area contributed by atoms with Crippen LogP contribution in [0.1, 0.15) is 5.56 Å². The van der Waals surface area contributed by atoms with Crippen LogP contribution >= 0.6 is 11.6 Å². The normalized spacial score (nSPS) is 11.2. The molecule has 1 aromatic heterocycles. The molecule has 174 valence electrons. The highest BCUT2D eigenvalue weighted by atomic mass is 35.5. The third-order valence-corrected chi connectivity index (χ3v) is 5.72. The molecule has 7 nitrogen and oxygen atoms in total. The Bertz CT molecular complexity index is 1460. The maximum Gasteiger partial charge on any atom is 0.265 e. The molecule has 8 heteroatoms. The van der Waals surface area contributed by atoms with Crippen molar-refractivity contribution in [2.75, 3.05) is 33.2 Å². The molecule has 0 radical (unpaired) electrons. The standard InChI is InChI=1S/C26H24ClN3O4/c1-29(2)22-11-9-16(27)13-21(22)28-15-20-18-7-5-6-8-19(18)25(31)30(26(20)32)17-10-12-23(33-3)24(14-17)34-4/h5-15,32H,1-4H3. The molecule has 0 bridgehead atoms. The number of aromatic hydroxyl groups is 1. The molecule has 0 spiro atoms. The Morgan fingerprint density at radius 3 is 2.35 bits per heavy atom. The number of ether oxygens (including phenoxy) is 2. The lowest BCUT2D eigenvalue weighted by Gasteiger charge is -2.16. The first-order chi connectivity index (χ1) is 16.3. The summed E-state index contributed by atoms with van der Waals surface area (Å²) >= 11 is 6.20. The van der Waals surface area contributed by atoms with Crippen molar-refractivity contribution in [3.63, 3.8) is 0 Å². The lowest BCUT2D eigenvalue weighted by atomic mass is 10.1. The van der Waals surface area contributed by atoms with Gasteiger partial charge in [0.25, 0.3) is 5.56 Å². The van der Waals surface area contributed by atoms with Gasteiger partial charge in [-0.15, -0.1) is 0 Å². The second-order valence-corrected chi connectivity index (χ2v) is 8.18. The zero-order valence-corrected chi connectivity index (χ0v) is 20.0. The Balaban J connectivity index is 1.97. The number of hydrogen-bond donors (Lipinski definition) is 1. The molecule has 4 rings (SSSR count). The number of aliphatic imine (C=N–C) groups is 1. The van der Waals surface area contributed by atoms with E-state index in [0.29, 0.717) is 44.2 Å². The molecule has 0 saturated heterocycles. The van der Waals surface area contributed by atoms with Crippen molar-refractivity contribution in [1.29, 1.82) is 0 Å². The zero-order chi connectivity index (χ0) is 24.4. The van der Waals surface area contributed by atoms with E-state index < -0.39 is 0 Å². The molecule has 0 saturated carbocycles. The van der Waals surface area contributed by atoms with Crippen molar-refractivity contribution in [1.82, 2.24) is 4.57 Å². The summed E-state index contributed by atoms with van der Waals surface area (Å²) in [6.45, 7) is 0. The minimum atomic E-state index is -0.366. The fourth-order valence-corrected chi connectivity index (χ4v) is 3.97. The van der Waals surface area contributed by atoms with E-state index in [0.717, 1.165) is 5.69 Å². The zero-order valence-electron chi connectivity index (χ0n) is 19.2. The summed E-state index contributed by atoms with van der Waals surface area (Å²) in [7, 11) is 6.86. The maximum absolute atomic E-state index is 13.4. The average molecular weight is 478 g/mol. The monoisotopic (exact) mass is 477 g/mol. The van der Waals surface area contributed by atoms with Crippen molar-refractivity contribution in [3.8, 4) is 23.1 Å². The first-order valence-corrected chi connectivity index (χ1v) is 10.8. The molecule has 4 aromatic rings. The molecule has 0 atom stereocenters. The van der Waals surface area contributed by atoms with Gasteiger partial charge >= 0.3 is 0 Å². The smallest absolute Gasteiger partial charge is 0.265 e. The Hall–Kier alpha value is -3.97. The van der Waals surface area contributed by atoms with Crippen LogP contribution in [0.3, 0.4) is 0 Å². The van der Waals surface area contributed by atoms with E-state index in [1.54, 1.807) is 54.7 Å². The molecule has 0 aliphatic carbocycles. The van der Waals surface area contributed by atoms with Crippen LogP contribution in [0, 0.1) is 0 Å². The van der Waals surface area contributed by atoms with Crippen LogP contribution in [0.25, 0.3) is 16.5 Å². The van der Waals surface area contributed by atoms with Crippen LogP contribution < -0.4 is 19.9 Å². The van der Waals surface area contributed by atoms with Gasteiger partial charge in [-0.2, -0.15) is 0 Å². The molecule has 3 aromatic carbocycles. The highest BCUT2D eigenvalue weighted by molar-refractivity contribution is 6.31. The second kappa shape index (κ2) is 9.49. The van der Waals surface area contributed by atoms with Gasteiger partial charge in [0.1, 0.15) is 0 Å². The molecule has 0 aliphatic rings. The van der Waals surface area contributed by atoms with Gasteiger partial charge in [0.05, 0.1) is 36.8 Å². The quantitative estimate of drug-likeness (QED) is 0.387. The van der Waals surface area contributed by atoms with Gasteiger partial charge in [-0.05, 0) is 36.4 Å². The fraction of sp³-hybridized carbons (Fsp3) is 0.154. The van der Waals surface area contributed by atoms with E-state index in [1.807, 2.05) is 31.1 Å². The molecule has 0 aliphatic heterocycles. The van der Waals surface area contributed by atoms with Crippen LogP contribution in [0.2, 0.25) is 5.02 Å². The van der Waals surface area contributed by atoms with E-state index in [-0.39, 0.29) is 11.4 Å². The first kappa shape index (κ1) is 23.2. The molecular weight excluding hydrogens is 454 g/mol. The molecule has 0 fully saturated rings. The SMILES string of the molecule is COc1ccc(-n2c(O)c(C=Nc3cc(Cl)ccc3N(C)C)c3ccccc3c2=O)cc1OC. The highest BCUT2D eigenvalue weighted by Gasteiger charge is 2.18. The first-order valence-electron chi connectivity index (χ1n) is 10.5. The molecule has 0 amide bonds. The largest absolute Gasteiger partial charge is 0.494 e. The number of fused-ring (bicyclic) bond motifs is 1. The van der Waals surface area contributed by atoms with E-state index in [9.17, 15) is 9.90 Å². The summed E-state index contributed by atoms with van der Waals surface area (Å²) in [5.41, 5.74) is 1.95. The Morgan fingerprint density at radius 1 is 0.971 bits per heavy atom. The average Bonchev–Trinajstić information content (AvgIpc) is 2.83. The highest BCUT2D eigenvalue weighted by Crippen LogP contribution is 2.34. The number of nitrogens with zero attached hydrogens (tertiary/aromatic N) is 3. The van der Waals surface area contributed by atoms with Crippen LogP contribution in [0.5, 0.6) is 17.4 Å². The minimum Gasteiger partial charge on any atom is -0.494 e. The minimum absolute atomic E-state index is 0.242. The summed E-state index contributed by atoms with van der Waals surface area (Å²) < 4.78 is 11.9. The number of hydrogen-bond acceptors (Lipinski definition) is 6. The summed E-state index contributed by atoms with van der Waals surface area (Å²) in [6.07, 6.45) is 1.55. The Labute approximate surface area is 202 Å². The van der Waals surface area contributed by atoms with Gasteiger partial charge in [0, 0.05) is 42.2 Å². The number of benzene rings is 3. The molecule has 34 heavy (non-hydrogen) atoms. The fourth-order valence-electron chi connectivity index (χ4n) is 3.81. The van der Waals surface area contributed by atoms with Gasteiger partial charge in [-0.25, -0.2) is 4.57 Å². The topological polar surface area (TPSA) is 76.3 Å². The summed E-state index contributed by atoms with van der Waals surface area (Å²) in [5.74, 6) is 0.705. The van der Waals surface area contributed by atoms with E-state index in [1.165, 1.54) is 18.8 Å². The Kier molecular flexibility index (Phi) is 6.47. The van der Waals surface area contributed by atoms with Crippen LogP contribution in [-0.4, -0.2) is 44.2 Å². The van der Waals surface area contributed by atoms with Gasteiger partial charge in [-0.1, -0.05) is 29.8 Å². The molecule has 1 heterocycles. The maximum atomic E-state index is 13.4. The van der Waals surface area contributed by atoms with Gasteiger partial charge in [-0.3, -0.25) is 9.79 Å². The predicted molar refractivity (Wildman–Crippen MR) is 137 cm³/mol. The van der Waals surface area contributed by atoms with E-state index in [4.69, 9.17) is 21.1 Å². The number of pyridine rings is 1. The molecule has 1 N–H and O–H groups in total. The third kappa shape index (κ3) is 4.18. The Morgan fingerprint density at radius 2 is 1.68 bits per heavy atom. The van der Waals surface area contributed by atoms with Crippen molar-refractivity contribution in [2.45, 2.75) is 0 Å². The van der Waals surface area contributed by atoms with Crippen molar-refractivity contribution in [3.05, 3.63) is 81.6 Å². The van der Waals surface area contributed by atoms with Gasteiger partial charge in [0.15, 0.2) is 11.5 Å². The number of rotatable bonds is 6. The lowest BCUT2D eigenvalue weighted by Crippen LogP contribution is -2.20. The van der Waals surface area contributed by atoms with Crippen molar-refractivity contribution >= 4 is 40.0 Å². The summed E-state index contributed by atoms with van der Waals surface area (Å²) in [6, 6.07) is 17.5.